The van der Waals surface area contributed by atoms with Crippen LogP contribution in [0.1, 0.15) is 6.92 Å². The van der Waals surface area contributed by atoms with Gasteiger partial charge in [0.25, 0.3) is 0 Å². The van der Waals surface area contributed by atoms with E-state index in [1.54, 1.807) is 10.6 Å². The maximum atomic E-state index is 12.9. The van der Waals surface area contributed by atoms with Crippen molar-refractivity contribution >= 4 is 24.4 Å². The number of hydrogen-bond acceptors (Lipinski definition) is 2. The molecule has 11 saturated heterocycles. The molecule has 0 aromatic heterocycles. The molecular formula is C27H27FeN2OP. The summed E-state index contributed by atoms with van der Waals surface area (Å²) < 4.78 is 1.23. The topological polar surface area (TPSA) is 32.3 Å². The molecule has 5 heteroatoms. The number of hydrogen-bond donors (Lipinski definition) is 1. The van der Waals surface area contributed by atoms with Crippen LogP contribution < -0.4 is 15.9 Å². The summed E-state index contributed by atoms with van der Waals surface area (Å²) in [7, 11) is -0.349. The summed E-state index contributed by atoms with van der Waals surface area (Å²) in [5.41, 5.74) is 0. The van der Waals surface area contributed by atoms with Gasteiger partial charge < -0.3 is 0 Å². The van der Waals surface area contributed by atoms with Crippen LogP contribution in [-0.2, 0) is 11.3 Å². The second-order valence-electron chi connectivity index (χ2n) is 14.8. The average Bonchev–Trinajstić information content (AvgIpc) is 3.69. The summed E-state index contributed by atoms with van der Waals surface area (Å²) in [5, 5.41) is 7.34. The standard InChI is InChI=1S/C22H22N2OP.C5H5.Fe/c1-17(25)24-16-15-23-22(24)20-13-8-14-21(20)26(18-9-4-2-5-10-18)19-11-6-3-7-12-19;1-2-4-5-3-1;/h2-14,22-23H,15-16H2,1H3;1-5H;. The van der Waals surface area contributed by atoms with E-state index in [9.17, 15) is 4.79 Å². The number of fused-ring (bicyclic) bond motifs is 10. The normalized spacial score (nSPS) is 75.9. The molecule has 2 aromatic rings. The summed E-state index contributed by atoms with van der Waals surface area (Å²) in [5.74, 6) is 0.329. The van der Waals surface area contributed by atoms with E-state index in [1.165, 1.54) is 33.7 Å². The maximum absolute atomic E-state index is 12.9. The minimum absolute atomic E-state index is 0.329. The Bertz CT molecular complexity index is 1700. The first kappa shape index (κ1) is 14.9. The summed E-state index contributed by atoms with van der Waals surface area (Å²) >= 11 is 0. The first-order valence-electron chi connectivity index (χ1n) is 12.6. The Morgan fingerprint density at radius 2 is 1.47 bits per heavy atom. The molecule has 5 unspecified atom stereocenters. The van der Waals surface area contributed by atoms with E-state index in [0.717, 1.165) is 17.9 Å². The van der Waals surface area contributed by atoms with E-state index in [2.05, 4.69) is 70.9 Å². The zero-order valence-corrected chi connectivity index (χ0v) is 20.0. The fourth-order valence-corrected chi connectivity index (χ4v) is 112. The summed E-state index contributed by atoms with van der Waals surface area (Å²) in [4.78, 5) is 24.9. The molecule has 1 spiro atoms. The van der Waals surface area contributed by atoms with Gasteiger partial charge in [0.15, 0.2) is 0 Å². The van der Waals surface area contributed by atoms with Crippen LogP contribution in [0.25, 0.3) is 0 Å². The van der Waals surface area contributed by atoms with Gasteiger partial charge in [-0.2, -0.15) is 0 Å². The van der Waals surface area contributed by atoms with Crippen molar-refractivity contribution in [2.45, 2.75) is 60.0 Å². The summed E-state index contributed by atoms with van der Waals surface area (Å²) in [6.07, 6.45) is 0.390. The molecule has 2 aromatic carbocycles. The van der Waals surface area contributed by atoms with E-state index in [-0.39, 0.29) is 7.92 Å². The van der Waals surface area contributed by atoms with Crippen LogP contribution in [0.5, 0.6) is 0 Å². The number of nitrogens with zero attached hydrogens (tertiary/aromatic N) is 1. The van der Waals surface area contributed by atoms with Crippen molar-refractivity contribution in [2.75, 3.05) is 13.1 Å². The number of nitrogens with one attached hydrogen (secondary N) is 1. The fraction of sp³-hybridized carbons (Fsp3) is 0.519. The van der Waals surface area contributed by atoms with Gasteiger partial charge in [0.1, 0.15) is 0 Å². The second kappa shape index (κ2) is 2.02. The molecule has 11 heterocycles. The van der Waals surface area contributed by atoms with Crippen LogP contribution in [0.3, 0.4) is 0 Å². The van der Waals surface area contributed by atoms with Gasteiger partial charge in [-0.3, -0.25) is 0 Å². The minimum atomic E-state index is -3.77. The van der Waals surface area contributed by atoms with Crippen LogP contribution in [0.4, 0.5) is 0 Å². The fourth-order valence-electron chi connectivity index (χ4n) is 21.0. The Morgan fingerprint density at radius 1 is 0.906 bits per heavy atom. The van der Waals surface area contributed by atoms with Gasteiger partial charge in [-0.1, -0.05) is 0 Å². The molecule has 13 rings (SSSR count). The van der Waals surface area contributed by atoms with Gasteiger partial charge in [-0.05, 0) is 0 Å². The number of rotatable bonds is 4. The molecule has 6 atom stereocenters. The number of benzene rings is 2. The Balaban J connectivity index is 1.21. The SMILES string of the molecule is CC(=O)N1CCNC1[C@@]12[CH]3[CH]4[CH]5[C]1(P(c1ccccc1)c1ccccc1)[Fe]45321678[CH]2[CH]1[CH]6[CH]7[CH]28. The number of carbonyl (C=O) groups is 1. The quantitative estimate of drug-likeness (QED) is 0.512. The van der Waals surface area contributed by atoms with E-state index < -0.39 is 6.51 Å². The first-order valence-corrected chi connectivity index (χ1v) is 20.1. The zero-order chi connectivity index (χ0) is 20.6. The third kappa shape index (κ3) is 0.293. The van der Waals surface area contributed by atoms with Crippen LogP contribution in [0, 0.1) is 0 Å². The molecule has 11 fully saturated rings. The van der Waals surface area contributed by atoms with Gasteiger partial charge in [0.2, 0.25) is 0 Å². The molecule has 11 aliphatic rings. The van der Waals surface area contributed by atoms with Crippen molar-refractivity contribution in [1.82, 2.24) is 10.2 Å². The number of amides is 1. The van der Waals surface area contributed by atoms with Crippen molar-refractivity contribution in [3.8, 4) is 0 Å². The number of carbonyl (C=O) groups excluding carboxylic acids is 1. The molecule has 0 saturated carbocycles. The molecule has 11 aliphatic heterocycles. The summed E-state index contributed by atoms with van der Waals surface area (Å²) in [6, 6.07) is 23.5. The van der Waals surface area contributed by atoms with Crippen LogP contribution >= 0.6 is 7.92 Å². The molecule has 32 heavy (non-hydrogen) atoms. The molecule has 0 aliphatic carbocycles. The van der Waals surface area contributed by atoms with Crippen molar-refractivity contribution in [3.63, 3.8) is 0 Å². The van der Waals surface area contributed by atoms with E-state index in [0.29, 0.717) is 20.4 Å². The molecular weight excluding hydrogens is 455 g/mol. The van der Waals surface area contributed by atoms with Gasteiger partial charge in [0, 0.05) is 0 Å². The molecule has 164 valence electrons. The Hall–Kier alpha value is -1.18. The van der Waals surface area contributed by atoms with Gasteiger partial charge >= 0.3 is 180 Å². The van der Waals surface area contributed by atoms with Crippen LogP contribution in [0.15, 0.2) is 60.7 Å². The summed E-state index contributed by atoms with van der Waals surface area (Å²) in [6.45, 7) is 0.0255. The molecule has 1 N–H and O–H groups in total. The van der Waals surface area contributed by atoms with Gasteiger partial charge in [-0.15, -0.1) is 0 Å². The monoisotopic (exact) mass is 482 g/mol. The Morgan fingerprint density at radius 3 is 1.94 bits per heavy atom. The van der Waals surface area contributed by atoms with Crippen molar-refractivity contribution < 1.29 is 11.3 Å². The van der Waals surface area contributed by atoms with Gasteiger partial charge in [-0.25, -0.2) is 0 Å². The van der Waals surface area contributed by atoms with Crippen molar-refractivity contribution in [2.24, 2.45) is 0 Å². The molecule has 0 radical (unpaired) electrons. The van der Waals surface area contributed by atoms with E-state index >= 15 is 0 Å². The third-order valence-corrected chi connectivity index (χ3v) is 69.1. The predicted molar refractivity (Wildman–Crippen MR) is 124 cm³/mol. The average molecular weight is 482 g/mol. The van der Waals surface area contributed by atoms with Gasteiger partial charge in [0.05, 0.1) is 0 Å². The van der Waals surface area contributed by atoms with E-state index in [1.807, 2.05) is 6.92 Å². The Kier molecular flexibility index (Phi) is 0.942. The van der Waals surface area contributed by atoms with E-state index in [4.69, 9.17) is 0 Å². The van der Waals surface area contributed by atoms with Crippen molar-refractivity contribution in [3.05, 3.63) is 60.7 Å². The second-order valence-corrected chi connectivity index (χ2v) is 40.9. The predicted octanol–water partition coefficient (Wildman–Crippen LogP) is 4.56. The third-order valence-electron chi connectivity index (χ3n) is 19.1. The van der Waals surface area contributed by atoms with Crippen molar-refractivity contribution in [1.29, 1.82) is 0 Å². The Labute approximate surface area is 179 Å². The molecule has 1 amide bonds. The zero-order valence-electron chi connectivity index (χ0n) is 18.0. The first-order chi connectivity index (χ1) is 15.5. The molecule has 0 bridgehead atoms. The van der Waals surface area contributed by atoms with Crippen LogP contribution in [0.2, 0.25) is 42.8 Å². The van der Waals surface area contributed by atoms with Crippen LogP contribution in [-0.4, -0.2) is 34.1 Å². The molecule has 3 nitrogen and oxygen atoms in total.